The number of thiophene rings is 1. The molecule has 0 saturated carbocycles. The third-order valence-corrected chi connectivity index (χ3v) is 5.31. The van der Waals surface area contributed by atoms with Crippen LogP contribution in [0.1, 0.15) is 30.3 Å². The minimum absolute atomic E-state index is 0.313. The predicted octanol–water partition coefficient (Wildman–Crippen LogP) is 2.53. The number of carbonyl (C=O) groups is 1. The standard InChI is InChI=1S/C14H17N5OS2/c1-4-21-14-17-13-16-8(3)9(12(15)20)10(19(13)18-14)11-7(2)5-6-22-11/h5-6,10H,4H2,1-3H3,(H2,15,20)(H,16,17,18). The maximum atomic E-state index is 12.0. The van der Waals surface area contributed by atoms with Crippen LogP contribution in [0.2, 0.25) is 0 Å². The molecule has 3 rings (SSSR count). The van der Waals surface area contributed by atoms with Crippen molar-refractivity contribution in [2.75, 3.05) is 11.1 Å². The number of primary amides is 1. The normalized spacial score (nSPS) is 17.3. The van der Waals surface area contributed by atoms with Gasteiger partial charge in [0, 0.05) is 10.6 Å². The number of rotatable bonds is 4. The van der Waals surface area contributed by atoms with Gasteiger partial charge in [-0.1, -0.05) is 18.7 Å². The molecule has 2 aromatic heterocycles. The Morgan fingerprint density at radius 3 is 2.91 bits per heavy atom. The number of fused-ring (bicyclic) bond motifs is 1. The van der Waals surface area contributed by atoms with E-state index in [2.05, 4.69) is 22.3 Å². The monoisotopic (exact) mass is 335 g/mol. The zero-order valence-electron chi connectivity index (χ0n) is 12.6. The number of nitrogens with one attached hydrogen (secondary N) is 1. The second kappa shape index (κ2) is 5.77. The van der Waals surface area contributed by atoms with Gasteiger partial charge in [-0.25, -0.2) is 4.68 Å². The van der Waals surface area contributed by atoms with E-state index in [1.165, 1.54) is 0 Å². The first-order valence-electron chi connectivity index (χ1n) is 6.93. The summed E-state index contributed by atoms with van der Waals surface area (Å²) in [7, 11) is 0. The molecular formula is C14H17N5OS2. The summed E-state index contributed by atoms with van der Waals surface area (Å²) < 4.78 is 1.77. The van der Waals surface area contributed by atoms with Gasteiger partial charge in [-0.2, -0.15) is 4.98 Å². The lowest BCUT2D eigenvalue weighted by atomic mass is 9.99. The van der Waals surface area contributed by atoms with Gasteiger partial charge in [0.2, 0.25) is 17.0 Å². The molecule has 0 radical (unpaired) electrons. The number of hydrogen-bond acceptors (Lipinski definition) is 6. The fourth-order valence-electron chi connectivity index (χ4n) is 2.55. The Hall–Kier alpha value is -1.80. The molecule has 0 spiro atoms. The number of thioether (sulfide) groups is 1. The molecule has 1 atom stereocenters. The van der Waals surface area contributed by atoms with Crippen LogP contribution in [-0.2, 0) is 4.79 Å². The molecule has 6 nitrogen and oxygen atoms in total. The summed E-state index contributed by atoms with van der Waals surface area (Å²) in [4.78, 5) is 17.5. The van der Waals surface area contributed by atoms with Crippen LogP contribution < -0.4 is 11.1 Å². The number of hydrogen-bond donors (Lipinski definition) is 2. The largest absolute Gasteiger partial charge is 0.366 e. The summed E-state index contributed by atoms with van der Waals surface area (Å²) in [5.41, 5.74) is 8.02. The van der Waals surface area contributed by atoms with Gasteiger partial charge in [-0.05, 0) is 36.6 Å². The molecule has 0 bridgehead atoms. The predicted molar refractivity (Wildman–Crippen MR) is 89.1 cm³/mol. The van der Waals surface area contributed by atoms with Gasteiger partial charge in [0.25, 0.3) is 0 Å². The van der Waals surface area contributed by atoms with Crippen LogP contribution in [0.3, 0.4) is 0 Å². The molecule has 8 heteroatoms. The zero-order chi connectivity index (χ0) is 15.9. The smallest absolute Gasteiger partial charge is 0.248 e. The highest BCUT2D eigenvalue weighted by Gasteiger charge is 2.34. The molecule has 116 valence electrons. The first kappa shape index (κ1) is 15.1. The van der Waals surface area contributed by atoms with E-state index in [0.29, 0.717) is 16.7 Å². The zero-order valence-corrected chi connectivity index (χ0v) is 14.2. The van der Waals surface area contributed by atoms with E-state index in [9.17, 15) is 4.79 Å². The summed E-state index contributed by atoms with van der Waals surface area (Å²) in [6.07, 6.45) is 0. The van der Waals surface area contributed by atoms with Crippen molar-refractivity contribution in [3.8, 4) is 0 Å². The van der Waals surface area contributed by atoms with Crippen LogP contribution >= 0.6 is 23.1 Å². The lowest BCUT2D eigenvalue weighted by molar-refractivity contribution is -0.115. The van der Waals surface area contributed by atoms with Crippen LogP contribution in [0.25, 0.3) is 0 Å². The lowest BCUT2D eigenvalue weighted by Gasteiger charge is -2.27. The van der Waals surface area contributed by atoms with Crippen LogP contribution in [-0.4, -0.2) is 26.4 Å². The summed E-state index contributed by atoms with van der Waals surface area (Å²) >= 11 is 3.17. The van der Waals surface area contributed by atoms with Gasteiger partial charge < -0.3 is 11.1 Å². The third-order valence-electron chi connectivity index (χ3n) is 3.52. The van der Waals surface area contributed by atoms with Crippen molar-refractivity contribution in [1.29, 1.82) is 0 Å². The maximum Gasteiger partial charge on any atom is 0.248 e. The Bertz CT molecular complexity index is 761. The van der Waals surface area contributed by atoms with E-state index in [-0.39, 0.29) is 6.04 Å². The molecule has 0 saturated heterocycles. The van der Waals surface area contributed by atoms with Crippen molar-refractivity contribution in [3.05, 3.63) is 33.2 Å². The minimum Gasteiger partial charge on any atom is -0.366 e. The maximum absolute atomic E-state index is 12.0. The number of amides is 1. The van der Waals surface area contributed by atoms with E-state index in [0.717, 1.165) is 21.9 Å². The molecule has 0 aliphatic carbocycles. The molecule has 0 fully saturated rings. The highest BCUT2D eigenvalue weighted by atomic mass is 32.2. The Morgan fingerprint density at radius 2 is 2.32 bits per heavy atom. The van der Waals surface area contributed by atoms with E-state index in [1.807, 2.05) is 25.3 Å². The van der Waals surface area contributed by atoms with Gasteiger partial charge in [0.15, 0.2) is 0 Å². The fourth-order valence-corrected chi connectivity index (χ4v) is 4.12. The molecule has 3 heterocycles. The van der Waals surface area contributed by atoms with Gasteiger partial charge in [-0.15, -0.1) is 16.4 Å². The van der Waals surface area contributed by atoms with Crippen molar-refractivity contribution < 1.29 is 4.79 Å². The minimum atomic E-state index is -0.436. The summed E-state index contributed by atoms with van der Waals surface area (Å²) in [6.45, 7) is 5.93. The molecule has 3 N–H and O–H groups in total. The molecule has 1 unspecified atom stereocenters. The van der Waals surface area contributed by atoms with Crippen LogP contribution in [0.15, 0.2) is 27.9 Å². The Kier molecular flexibility index (Phi) is 3.96. The van der Waals surface area contributed by atoms with Crippen molar-refractivity contribution in [1.82, 2.24) is 14.8 Å². The lowest BCUT2D eigenvalue weighted by Crippen LogP contribution is -2.31. The van der Waals surface area contributed by atoms with E-state index in [1.54, 1.807) is 27.8 Å². The van der Waals surface area contributed by atoms with Gasteiger partial charge >= 0.3 is 0 Å². The number of anilines is 1. The molecule has 1 amide bonds. The summed E-state index contributed by atoms with van der Waals surface area (Å²) in [6, 6.07) is 1.72. The first-order valence-corrected chi connectivity index (χ1v) is 8.80. The summed E-state index contributed by atoms with van der Waals surface area (Å²) in [5.74, 6) is 1.10. The second-order valence-electron chi connectivity index (χ2n) is 4.99. The topological polar surface area (TPSA) is 85.8 Å². The highest BCUT2D eigenvalue weighted by molar-refractivity contribution is 7.99. The van der Waals surface area contributed by atoms with Crippen molar-refractivity contribution in [2.45, 2.75) is 32.0 Å². The van der Waals surface area contributed by atoms with Crippen LogP contribution in [0, 0.1) is 6.92 Å². The number of aryl methyl sites for hydroxylation is 1. The molecule has 1 aliphatic rings. The molecule has 1 aliphatic heterocycles. The quantitative estimate of drug-likeness (QED) is 0.839. The number of allylic oxidation sites excluding steroid dienone is 1. The van der Waals surface area contributed by atoms with Crippen LogP contribution in [0.5, 0.6) is 0 Å². The first-order chi connectivity index (χ1) is 10.5. The van der Waals surface area contributed by atoms with Crippen molar-refractivity contribution in [3.63, 3.8) is 0 Å². The molecule has 22 heavy (non-hydrogen) atoms. The SMILES string of the molecule is CCSc1nc2n(n1)C(c1sccc1C)C(C(N)=O)=C(C)N2. The molecule has 0 aromatic carbocycles. The average molecular weight is 335 g/mol. The number of nitrogens with zero attached hydrogens (tertiary/aromatic N) is 3. The molecule has 2 aromatic rings. The van der Waals surface area contributed by atoms with E-state index in [4.69, 9.17) is 5.73 Å². The fraction of sp³-hybridized carbons (Fsp3) is 0.357. The number of nitrogens with two attached hydrogens (primary N) is 1. The van der Waals surface area contributed by atoms with Gasteiger partial charge in [0.05, 0.1) is 5.57 Å². The Morgan fingerprint density at radius 1 is 1.55 bits per heavy atom. The Balaban J connectivity index is 2.18. The Labute approximate surface area is 136 Å². The average Bonchev–Trinajstić information content (AvgIpc) is 3.03. The van der Waals surface area contributed by atoms with Crippen LogP contribution in [0.4, 0.5) is 5.95 Å². The van der Waals surface area contributed by atoms with Gasteiger partial charge in [-0.3, -0.25) is 4.79 Å². The van der Waals surface area contributed by atoms with Gasteiger partial charge in [0.1, 0.15) is 6.04 Å². The van der Waals surface area contributed by atoms with Crippen molar-refractivity contribution in [2.24, 2.45) is 5.73 Å². The second-order valence-corrected chi connectivity index (χ2v) is 7.17. The van der Waals surface area contributed by atoms with Crippen molar-refractivity contribution >= 4 is 35.0 Å². The number of aromatic nitrogens is 3. The van der Waals surface area contributed by atoms with E-state index >= 15 is 0 Å². The summed E-state index contributed by atoms with van der Waals surface area (Å²) in [5, 5.41) is 10.4. The number of carbonyl (C=O) groups excluding carboxylic acids is 1. The van der Waals surface area contributed by atoms with E-state index < -0.39 is 5.91 Å². The highest BCUT2D eigenvalue weighted by Crippen LogP contribution is 2.39. The third kappa shape index (κ3) is 2.42. The molecular weight excluding hydrogens is 318 g/mol.